The second-order valence-electron chi connectivity index (χ2n) is 8.48. The number of hydrogen-bond acceptors (Lipinski definition) is 5. The summed E-state index contributed by atoms with van der Waals surface area (Å²) in [6, 6.07) is 0. The van der Waals surface area contributed by atoms with Crippen LogP contribution in [0, 0.1) is 5.41 Å². The van der Waals surface area contributed by atoms with Gasteiger partial charge in [0.15, 0.2) is 5.96 Å². The van der Waals surface area contributed by atoms with E-state index < -0.39 is 9.84 Å². The number of nitrogens with one attached hydrogen (secondary N) is 1. The summed E-state index contributed by atoms with van der Waals surface area (Å²) < 4.78 is 35.1. The van der Waals surface area contributed by atoms with E-state index in [-0.39, 0.29) is 17.3 Å². The summed E-state index contributed by atoms with van der Waals surface area (Å²) in [7, 11) is -1.15. The molecule has 156 valence electrons. The highest BCUT2D eigenvalue weighted by Crippen LogP contribution is 2.46. The quantitative estimate of drug-likeness (QED) is 0.514. The molecule has 0 spiro atoms. The molecule has 0 aromatic carbocycles. The minimum absolute atomic E-state index is 0.0923. The maximum atomic E-state index is 11.6. The Morgan fingerprint density at radius 2 is 2.00 bits per heavy atom. The lowest BCUT2D eigenvalue weighted by atomic mass is 10.1. The van der Waals surface area contributed by atoms with E-state index in [9.17, 15) is 8.42 Å². The SMILES string of the molecule is CN=C(NCC1(CS(C)(=O)=O)CC1)N1CCC(OCC2CCCCO2)CC1. The van der Waals surface area contributed by atoms with Crippen molar-refractivity contribution in [2.45, 2.75) is 57.2 Å². The Kier molecular flexibility index (Phi) is 7.03. The van der Waals surface area contributed by atoms with Crippen LogP contribution in [-0.4, -0.2) is 83.4 Å². The topological polar surface area (TPSA) is 80.2 Å². The van der Waals surface area contributed by atoms with Crippen LogP contribution in [0.4, 0.5) is 0 Å². The molecule has 0 bridgehead atoms. The van der Waals surface area contributed by atoms with E-state index in [4.69, 9.17) is 9.47 Å². The van der Waals surface area contributed by atoms with Crippen molar-refractivity contribution in [1.82, 2.24) is 10.2 Å². The maximum absolute atomic E-state index is 11.6. The molecule has 1 unspecified atom stereocenters. The van der Waals surface area contributed by atoms with Crippen molar-refractivity contribution >= 4 is 15.8 Å². The highest BCUT2D eigenvalue weighted by molar-refractivity contribution is 7.90. The van der Waals surface area contributed by atoms with Gasteiger partial charge in [-0.25, -0.2) is 8.42 Å². The van der Waals surface area contributed by atoms with Gasteiger partial charge in [-0.2, -0.15) is 0 Å². The third kappa shape index (κ3) is 6.61. The second-order valence-corrected chi connectivity index (χ2v) is 10.6. The molecule has 2 saturated heterocycles. The first-order chi connectivity index (χ1) is 12.9. The summed E-state index contributed by atoms with van der Waals surface area (Å²) in [5.41, 5.74) is -0.0923. The summed E-state index contributed by atoms with van der Waals surface area (Å²) in [4.78, 5) is 6.66. The molecule has 1 N–H and O–H groups in total. The maximum Gasteiger partial charge on any atom is 0.193 e. The molecule has 0 aromatic rings. The molecular weight excluding hydrogens is 366 g/mol. The number of piperidine rings is 1. The van der Waals surface area contributed by atoms with Gasteiger partial charge in [-0.3, -0.25) is 4.99 Å². The van der Waals surface area contributed by atoms with Crippen LogP contribution in [-0.2, 0) is 19.3 Å². The van der Waals surface area contributed by atoms with Gasteiger partial charge >= 0.3 is 0 Å². The van der Waals surface area contributed by atoms with Gasteiger partial charge in [0.25, 0.3) is 0 Å². The van der Waals surface area contributed by atoms with Gasteiger partial charge in [0, 0.05) is 45.0 Å². The Morgan fingerprint density at radius 3 is 2.56 bits per heavy atom. The molecule has 7 nitrogen and oxygen atoms in total. The summed E-state index contributed by atoms with van der Waals surface area (Å²) >= 11 is 0. The molecule has 2 aliphatic heterocycles. The van der Waals surface area contributed by atoms with Crippen LogP contribution >= 0.6 is 0 Å². The lowest BCUT2D eigenvalue weighted by Crippen LogP contribution is -2.48. The molecule has 1 atom stereocenters. The Bertz CT molecular complexity index is 604. The molecule has 0 radical (unpaired) electrons. The molecule has 3 aliphatic rings. The molecule has 27 heavy (non-hydrogen) atoms. The van der Waals surface area contributed by atoms with Crippen LogP contribution in [0.15, 0.2) is 4.99 Å². The van der Waals surface area contributed by atoms with E-state index in [1.165, 1.54) is 19.1 Å². The first-order valence-corrected chi connectivity index (χ1v) is 12.3. The van der Waals surface area contributed by atoms with E-state index >= 15 is 0 Å². The Labute approximate surface area is 163 Å². The molecular formula is C19H35N3O4S. The van der Waals surface area contributed by atoms with E-state index in [1.807, 2.05) is 0 Å². The fraction of sp³-hybridized carbons (Fsp3) is 0.947. The normalized spacial score (nSPS) is 26.8. The molecule has 1 aliphatic carbocycles. The van der Waals surface area contributed by atoms with Gasteiger partial charge in [-0.05, 0) is 44.9 Å². The monoisotopic (exact) mass is 401 g/mol. The van der Waals surface area contributed by atoms with Gasteiger partial charge in [0.2, 0.25) is 0 Å². The molecule has 0 aromatic heterocycles. The molecule has 1 saturated carbocycles. The number of likely N-dealkylation sites (tertiary alicyclic amines) is 1. The van der Waals surface area contributed by atoms with E-state index in [2.05, 4.69) is 15.2 Å². The lowest BCUT2D eigenvalue weighted by Gasteiger charge is -2.35. The molecule has 3 rings (SSSR count). The van der Waals surface area contributed by atoms with Crippen LogP contribution in [0.25, 0.3) is 0 Å². The first kappa shape index (κ1) is 20.9. The Morgan fingerprint density at radius 1 is 1.26 bits per heavy atom. The molecule has 3 fully saturated rings. The average molecular weight is 402 g/mol. The number of sulfone groups is 1. The number of rotatable bonds is 7. The Hall–Kier alpha value is -0.860. The van der Waals surface area contributed by atoms with E-state index in [0.717, 1.165) is 57.8 Å². The average Bonchev–Trinajstić information content (AvgIpc) is 3.40. The van der Waals surface area contributed by atoms with Crippen molar-refractivity contribution in [1.29, 1.82) is 0 Å². The third-order valence-electron chi connectivity index (χ3n) is 5.89. The lowest BCUT2D eigenvalue weighted by molar-refractivity contribution is -0.0721. The van der Waals surface area contributed by atoms with Crippen molar-refractivity contribution in [2.24, 2.45) is 10.4 Å². The first-order valence-electron chi connectivity index (χ1n) is 10.3. The fourth-order valence-electron chi connectivity index (χ4n) is 4.12. The van der Waals surface area contributed by atoms with Crippen LogP contribution in [0.3, 0.4) is 0 Å². The van der Waals surface area contributed by atoms with E-state index in [1.54, 1.807) is 7.05 Å². The molecule has 8 heteroatoms. The molecule has 0 amide bonds. The number of aliphatic imine (C=N–C) groups is 1. The predicted octanol–water partition coefficient (Wildman–Crippen LogP) is 1.44. The summed E-state index contributed by atoms with van der Waals surface area (Å²) in [5, 5.41) is 3.41. The fourth-order valence-corrected chi connectivity index (χ4v) is 5.62. The van der Waals surface area contributed by atoms with Crippen molar-refractivity contribution in [3.63, 3.8) is 0 Å². The van der Waals surface area contributed by atoms with Crippen LogP contribution < -0.4 is 5.32 Å². The second kappa shape index (κ2) is 9.09. The van der Waals surface area contributed by atoms with Gasteiger partial charge in [-0.1, -0.05) is 0 Å². The Balaban J connectivity index is 1.38. The van der Waals surface area contributed by atoms with Gasteiger partial charge in [0.1, 0.15) is 9.84 Å². The molecule has 2 heterocycles. The third-order valence-corrected chi connectivity index (χ3v) is 7.03. The smallest absolute Gasteiger partial charge is 0.193 e. The summed E-state index contributed by atoms with van der Waals surface area (Å²) in [6.07, 6.45) is 9.36. The van der Waals surface area contributed by atoms with Crippen molar-refractivity contribution in [3.8, 4) is 0 Å². The van der Waals surface area contributed by atoms with Crippen molar-refractivity contribution < 1.29 is 17.9 Å². The summed E-state index contributed by atoms with van der Waals surface area (Å²) in [6.45, 7) is 4.09. The van der Waals surface area contributed by atoms with Crippen molar-refractivity contribution in [2.75, 3.05) is 51.9 Å². The van der Waals surface area contributed by atoms with E-state index in [0.29, 0.717) is 19.3 Å². The van der Waals surface area contributed by atoms with Gasteiger partial charge in [-0.15, -0.1) is 0 Å². The minimum Gasteiger partial charge on any atom is -0.376 e. The zero-order valence-electron chi connectivity index (χ0n) is 16.8. The predicted molar refractivity (Wildman–Crippen MR) is 107 cm³/mol. The zero-order chi connectivity index (χ0) is 19.3. The summed E-state index contributed by atoms with van der Waals surface area (Å²) in [5.74, 6) is 1.15. The zero-order valence-corrected chi connectivity index (χ0v) is 17.6. The van der Waals surface area contributed by atoms with Gasteiger partial charge in [0.05, 0.1) is 24.6 Å². The standard InChI is InChI=1S/C19H35N3O4S/c1-20-18(21-14-19(8-9-19)15-27(2,23)24)22-10-6-16(7-11-22)26-13-17-5-3-4-12-25-17/h16-17H,3-15H2,1-2H3,(H,20,21). The van der Waals surface area contributed by atoms with Crippen LogP contribution in [0.2, 0.25) is 0 Å². The highest BCUT2D eigenvalue weighted by Gasteiger charge is 2.45. The van der Waals surface area contributed by atoms with Crippen LogP contribution in [0.5, 0.6) is 0 Å². The largest absolute Gasteiger partial charge is 0.376 e. The highest BCUT2D eigenvalue weighted by atomic mass is 32.2. The minimum atomic E-state index is -2.94. The van der Waals surface area contributed by atoms with Crippen LogP contribution in [0.1, 0.15) is 44.9 Å². The van der Waals surface area contributed by atoms with Crippen molar-refractivity contribution in [3.05, 3.63) is 0 Å². The number of guanidine groups is 1. The number of ether oxygens (including phenoxy) is 2. The number of hydrogen-bond donors (Lipinski definition) is 1. The van der Waals surface area contributed by atoms with Gasteiger partial charge < -0.3 is 19.7 Å². The number of nitrogens with zero attached hydrogens (tertiary/aromatic N) is 2.